The number of nitrogens with zero attached hydrogens (tertiary/aromatic N) is 1. The molecule has 0 saturated heterocycles. The lowest BCUT2D eigenvalue weighted by atomic mass is 10.0. The molecule has 2 atom stereocenters. The molecule has 26 heavy (non-hydrogen) atoms. The molecule has 1 aromatic heterocycles. The van der Waals surface area contributed by atoms with Crippen molar-refractivity contribution in [1.29, 1.82) is 0 Å². The number of nitrogens with one attached hydrogen (secondary N) is 2. The molecule has 2 N–H and O–H groups in total. The summed E-state index contributed by atoms with van der Waals surface area (Å²) in [5.41, 5.74) is 1.89. The molecule has 2 aromatic rings. The molecule has 2 heterocycles. The maximum Gasteiger partial charge on any atom is 0.315 e. The van der Waals surface area contributed by atoms with Gasteiger partial charge in [-0.1, -0.05) is 12.1 Å². The number of fused-ring (bicyclic) bond motifs is 1. The van der Waals surface area contributed by atoms with E-state index >= 15 is 0 Å². The standard InChI is InChI=1S/C20H23N3O3/c1-13(16-4-2-3-9-21-16)22-20(24)23-19(14-5-6-14)15-7-8-17-18(12-15)26-11-10-25-17/h2-4,7-9,12-14,19H,5-6,10-11H2,1H3,(H2,22,23,24)/t13-,19+/m0/s1. The summed E-state index contributed by atoms with van der Waals surface area (Å²) in [5.74, 6) is 1.99. The van der Waals surface area contributed by atoms with Crippen molar-refractivity contribution in [3.05, 3.63) is 53.9 Å². The van der Waals surface area contributed by atoms with Crippen molar-refractivity contribution in [2.24, 2.45) is 5.92 Å². The van der Waals surface area contributed by atoms with Gasteiger partial charge in [0.2, 0.25) is 0 Å². The Morgan fingerprint density at radius 1 is 1.12 bits per heavy atom. The third kappa shape index (κ3) is 3.74. The number of ether oxygens (including phenoxy) is 2. The molecule has 1 fully saturated rings. The highest BCUT2D eigenvalue weighted by molar-refractivity contribution is 5.75. The van der Waals surface area contributed by atoms with Crippen molar-refractivity contribution in [3.63, 3.8) is 0 Å². The number of carbonyl (C=O) groups excluding carboxylic acids is 1. The molecular weight excluding hydrogens is 330 g/mol. The fourth-order valence-corrected chi connectivity index (χ4v) is 3.24. The van der Waals surface area contributed by atoms with E-state index in [1.807, 2.05) is 43.3 Å². The Labute approximate surface area is 152 Å². The minimum absolute atomic E-state index is 0.0261. The largest absolute Gasteiger partial charge is 0.486 e. The summed E-state index contributed by atoms with van der Waals surface area (Å²) in [5, 5.41) is 6.10. The average Bonchev–Trinajstić information content (AvgIpc) is 3.51. The summed E-state index contributed by atoms with van der Waals surface area (Å²) in [7, 11) is 0. The molecule has 136 valence electrons. The molecule has 0 bridgehead atoms. The summed E-state index contributed by atoms with van der Waals surface area (Å²) in [6, 6.07) is 11.2. The zero-order chi connectivity index (χ0) is 17.9. The van der Waals surface area contributed by atoms with Gasteiger partial charge in [0, 0.05) is 6.20 Å². The number of carbonyl (C=O) groups is 1. The van der Waals surface area contributed by atoms with E-state index in [1.165, 1.54) is 0 Å². The van der Waals surface area contributed by atoms with Gasteiger partial charge in [-0.05, 0) is 55.5 Å². The SMILES string of the molecule is C[C@H](NC(=O)N[C@@H](c1ccc2c(c1)OCCO2)C1CC1)c1ccccn1. The molecule has 2 aliphatic rings. The lowest BCUT2D eigenvalue weighted by molar-refractivity contribution is 0.171. The Morgan fingerprint density at radius 2 is 1.92 bits per heavy atom. The highest BCUT2D eigenvalue weighted by Crippen LogP contribution is 2.43. The number of pyridine rings is 1. The number of aromatic nitrogens is 1. The van der Waals surface area contributed by atoms with E-state index in [-0.39, 0.29) is 18.1 Å². The quantitative estimate of drug-likeness (QED) is 0.864. The molecule has 4 rings (SSSR count). The maximum absolute atomic E-state index is 12.5. The number of hydrogen-bond acceptors (Lipinski definition) is 4. The van der Waals surface area contributed by atoms with Gasteiger partial charge < -0.3 is 20.1 Å². The Hall–Kier alpha value is -2.76. The molecule has 0 unspecified atom stereocenters. The Bertz CT molecular complexity index is 777. The molecule has 0 radical (unpaired) electrons. The smallest absolute Gasteiger partial charge is 0.315 e. The lowest BCUT2D eigenvalue weighted by Crippen LogP contribution is -2.40. The van der Waals surface area contributed by atoms with Crippen LogP contribution in [0.5, 0.6) is 11.5 Å². The topological polar surface area (TPSA) is 72.5 Å². The Kier molecular flexibility index (Phi) is 4.65. The molecule has 1 aromatic carbocycles. The minimum Gasteiger partial charge on any atom is -0.486 e. The Morgan fingerprint density at radius 3 is 2.65 bits per heavy atom. The highest BCUT2D eigenvalue weighted by Gasteiger charge is 2.34. The second kappa shape index (κ2) is 7.23. The fourth-order valence-electron chi connectivity index (χ4n) is 3.24. The van der Waals surface area contributed by atoms with E-state index in [2.05, 4.69) is 15.6 Å². The first-order chi connectivity index (χ1) is 12.7. The molecule has 1 aliphatic carbocycles. The van der Waals surface area contributed by atoms with Crippen molar-refractivity contribution in [1.82, 2.24) is 15.6 Å². The minimum atomic E-state index is -0.185. The van der Waals surface area contributed by atoms with Gasteiger partial charge in [0.25, 0.3) is 0 Å². The summed E-state index contributed by atoms with van der Waals surface area (Å²) >= 11 is 0. The van der Waals surface area contributed by atoms with E-state index in [9.17, 15) is 4.79 Å². The van der Waals surface area contributed by atoms with E-state index in [4.69, 9.17) is 9.47 Å². The van der Waals surface area contributed by atoms with Crippen LogP contribution in [0.15, 0.2) is 42.6 Å². The third-order valence-electron chi connectivity index (χ3n) is 4.78. The van der Waals surface area contributed by atoms with Crippen LogP contribution in [0.1, 0.15) is 43.1 Å². The lowest BCUT2D eigenvalue weighted by Gasteiger charge is -2.24. The molecule has 6 heteroatoms. The van der Waals surface area contributed by atoms with Crippen LogP contribution in [0.2, 0.25) is 0 Å². The molecule has 6 nitrogen and oxygen atoms in total. The fraction of sp³-hybridized carbons (Fsp3) is 0.400. The average molecular weight is 353 g/mol. The van der Waals surface area contributed by atoms with Gasteiger partial charge in [-0.2, -0.15) is 0 Å². The predicted molar refractivity (Wildman–Crippen MR) is 97.2 cm³/mol. The van der Waals surface area contributed by atoms with Crippen LogP contribution < -0.4 is 20.1 Å². The number of hydrogen-bond donors (Lipinski definition) is 2. The van der Waals surface area contributed by atoms with Crippen LogP contribution in [0.3, 0.4) is 0 Å². The first kappa shape index (κ1) is 16.7. The molecule has 2 amide bonds. The van der Waals surface area contributed by atoms with Gasteiger partial charge >= 0.3 is 6.03 Å². The van der Waals surface area contributed by atoms with Gasteiger partial charge in [-0.15, -0.1) is 0 Å². The van der Waals surface area contributed by atoms with E-state index in [1.54, 1.807) is 6.20 Å². The van der Waals surface area contributed by atoms with Crippen LogP contribution >= 0.6 is 0 Å². The summed E-state index contributed by atoms with van der Waals surface area (Å²) in [6.45, 7) is 3.06. The molecule has 1 aliphatic heterocycles. The van der Waals surface area contributed by atoms with E-state index in [0.29, 0.717) is 19.1 Å². The summed E-state index contributed by atoms with van der Waals surface area (Å²) < 4.78 is 11.3. The zero-order valence-corrected chi connectivity index (χ0v) is 14.8. The van der Waals surface area contributed by atoms with Gasteiger partial charge in [0.15, 0.2) is 11.5 Å². The van der Waals surface area contributed by atoms with Crippen molar-refractivity contribution in [2.45, 2.75) is 31.8 Å². The molecule has 1 saturated carbocycles. The predicted octanol–water partition coefficient (Wildman–Crippen LogP) is 3.36. The van der Waals surface area contributed by atoms with Crippen LogP contribution in [-0.2, 0) is 0 Å². The van der Waals surface area contributed by atoms with Crippen molar-refractivity contribution in [2.75, 3.05) is 13.2 Å². The maximum atomic E-state index is 12.5. The zero-order valence-electron chi connectivity index (χ0n) is 14.8. The first-order valence-electron chi connectivity index (χ1n) is 9.08. The number of amides is 2. The second-order valence-electron chi connectivity index (χ2n) is 6.81. The number of benzene rings is 1. The van der Waals surface area contributed by atoms with Crippen LogP contribution in [0.25, 0.3) is 0 Å². The van der Waals surface area contributed by atoms with Crippen LogP contribution in [0, 0.1) is 5.92 Å². The van der Waals surface area contributed by atoms with Gasteiger partial charge in [0.05, 0.1) is 17.8 Å². The van der Waals surface area contributed by atoms with Gasteiger partial charge in [0.1, 0.15) is 13.2 Å². The number of urea groups is 1. The summed E-state index contributed by atoms with van der Waals surface area (Å²) in [4.78, 5) is 16.8. The van der Waals surface area contributed by atoms with Crippen molar-refractivity contribution in [3.8, 4) is 11.5 Å². The van der Waals surface area contributed by atoms with Gasteiger partial charge in [-0.25, -0.2) is 4.79 Å². The summed E-state index contributed by atoms with van der Waals surface area (Å²) in [6.07, 6.45) is 3.97. The molecular formula is C20H23N3O3. The highest BCUT2D eigenvalue weighted by atomic mass is 16.6. The first-order valence-corrected chi connectivity index (χ1v) is 9.08. The van der Waals surface area contributed by atoms with Crippen molar-refractivity contribution >= 4 is 6.03 Å². The van der Waals surface area contributed by atoms with Crippen LogP contribution in [0.4, 0.5) is 4.79 Å². The van der Waals surface area contributed by atoms with Crippen LogP contribution in [-0.4, -0.2) is 24.2 Å². The van der Waals surface area contributed by atoms with E-state index < -0.39 is 0 Å². The van der Waals surface area contributed by atoms with Gasteiger partial charge in [-0.3, -0.25) is 4.98 Å². The van der Waals surface area contributed by atoms with Crippen molar-refractivity contribution < 1.29 is 14.3 Å². The van der Waals surface area contributed by atoms with E-state index in [0.717, 1.165) is 35.6 Å². The Balaban J connectivity index is 1.45. The second-order valence-corrected chi connectivity index (χ2v) is 6.81. The molecule has 0 spiro atoms. The monoisotopic (exact) mass is 353 g/mol. The number of rotatable bonds is 5. The third-order valence-corrected chi connectivity index (χ3v) is 4.78. The normalized spacial score (nSPS) is 17.9.